The van der Waals surface area contributed by atoms with E-state index in [0.29, 0.717) is 38.6 Å². The zero-order chi connectivity index (χ0) is 27.9. The summed E-state index contributed by atoms with van der Waals surface area (Å²) in [6.45, 7) is 0. The van der Waals surface area contributed by atoms with Crippen LogP contribution in [0.4, 0.5) is 19.0 Å². The second-order valence-electron chi connectivity index (χ2n) is 8.93. The van der Waals surface area contributed by atoms with E-state index < -0.39 is 17.5 Å². The van der Waals surface area contributed by atoms with Crippen LogP contribution in [-0.2, 0) is 23.7 Å². The standard InChI is InChI=1S/C28H23ClF3N5O2/c1-36-16-33-15-23(36)27(38,19-10-12-22(34-14-19)28(30,31)32)18-9-11-21-20(13-18)25(29)24(17-7-5-4-6-8-17)26(35-21)37(2)39-3/h4-16,38H,1-3H3. The second kappa shape index (κ2) is 9.96. The molecule has 0 saturated carbocycles. The van der Waals surface area contributed by atoms with Gasteiger partial charge >= 0.3 is 6.18 Å². The van der Waals surface area contributed by atoms with E-state index >= 15 is 0 Å². The molecule has 1 N–H and O–H groups in total. The Balaban J connectivity index is 1.77. The van der Waals surface area contributed by atoms with Crippen molar-refractivity contribution in [3.8, 4) is 11.1 Å². The van der Waals surface area contributed by atoms with Gasteiger partial charge in [0.05, 0.1) is 35.9 Å². The van der Waals surface area contributed by atoms with Crippen LogP contribution in [0, 0.1) is 0 Å². The predicted molar refractivity (Wildman–Crippen MR) is 142 cm³/mol. The Morgan fingerprint density at radius 1 is 1.00 bits per heavy atom. The average molecular weight is 554 g/mol. The Bertz CT molecular complexity index is 1640. The third kappa shape index (κ3) is 4.60. The highest BCUT2D eigenvalue weighted by molar-refractivity contribution is 6.38. The van der Waals surface area contributed by atoms with Crippen LogP contribution in [0.5, 0.6) is 0 Å². The lowest BCUT2D eigenvalue weighted by Crippen LogP contribution is -2.31. The smallest absolute Gasteiger partial charge is 0.374 e. The van der Waals surface area contributed by atoms with Crippen molar-refractivity contribution in [2.45, 2.75) is 11.8 Å². The van der Waals surface area contributed by atoms with Gasteiger partial charge in [0.15, 0.2) is 11.4 Å². The van der Waals surface area contributed by atoms with Crippen LogP contribution in [0.1, 0.15) is 22.5 Å². The predicted octanol–water partition coefficient (Wildman–Crippen LogP) is 5.98. The van der Waals surface area contributed by atoms with Crippen molar-refractivity contribution >= 4 is 28.3 Å². The van der Waals surface area contributed by atoms with Crippen LogP contribution in [0.15, 0.2) is 79.4 Å². The molecule has 5 aromatic rings. The van der Waals surface area contributed by atoms with Crippen LogP contribution in [0.3, 0.4) is 0 Å². The van der Waals surface area contributed by atoms with Gasteiger partial charge in [-0.05, 0) is 29.3 Å². The van der Waals surface area contributed by atoms with Gasteiger partial charge in [0.25, 0.3) is 0 Å². The van der Waals surface area contributed by atoms with Crippen molar-refractivity contribution in [3.05, 3.63) is 107 Å². The fourth-order valence-electron chi connectivity index (χ4n) is 4.56. The third-order valence-corrected chi connectivity index (χ3v) is 7.01. The maximum atomic E-state index is 13.2. The number of imidazole rings is 1. The number of pyridine rings is 2. The minimum absolute atomic E-state index is 0.126. The van der Waals surface area contributed by atoms with Crippen molar-refractivity contribution in [1.82, 2.24) is 19.5 Å². The molecule has 0 aliphatic carbocycles. The van der Waals surface area contributed by atoms with Crippen molar-refractivity contribution in [2.24, 2.45) is 7.05 Å². The summed E-state index contributed by atoms with van der Waals surface area (Å²) in [5, 5.41) is 14.6. The van der Waals surface area contributed by atoms with Gasteiger partial charge in [-0.3, -0.25) is 9.82 Å². The second-order valence-corrected chi connectivity index (χ2v) is 9.31. The largest absolute Gasteiger partial charge is 0.433 e. The lowest BCUT2D eigenvalue weighted by molar-refractivity contribution is -0.141. The van der Waals surface area contributed by atoms with Crippen LogP contribution >= 0.6 is 11.6 Å². The summed E-state index contributed by atoms with van der Waals surface area (Å²) in [4.78, 5) is 17.9. The molecule has 7 nitrogen and oxygen atoms in total. The maximum absolute atomic E-state index is 13.2. The van der Waals surface area contributed by atoms with Gasteiger partial charge < -0.3 is 9.67 Å². The topological polar surface area (TPSA) is 76.3 Å². The average Bonchev–Trinajstić information content (AvgIpc) is 3.38. The molecular weight excluding hydrogens is 531 g/mol. The summed E-state index contributed by atoms with van der Waals surface area (Å²) >= 11 is 7.02. The normalized spacial score (nSPS) is 13.4. The molecule has 0 aliphatic heterocycles. The van der Waals surface area contributed by atoms with E-state index in [1.54, 1.807) is 36.9 Å². The zero-order valence-corrected chi connectivity index (χ0v) is 21.9. The Morgan fingerprint density at radius 3 is 2.31 bits per heavy atom. The summed E-state index contributed by atoms with van der Waals surface area (Å²) in [7, 11) is 4.91. The number of hydrogen-bond acceptors (Lipinski definition) is 6. The van der Waals surface area contributed by atoms with Gasteiger partial charge in [-0.15, -0.1) is 0 Å². The fourth-order valence-corrected chi connectivity index (χ4v) is 4.90. The molecule has 11 heteroatoms. The first-order valence-corrected chi connectivity index (χ1v) is 12.1. The number of nitrogens with zero attached hydrogens (tertiary/aromatic N) is 5. The first-order chi connectivity index (χ1) is 18.6. The SMILES string of the molecule is CON(C)c1nc2ccc(C(O)(c3ccc(C(F)(F)F)nc3)c3cncn3C)cc2c(Cl)c1-c1ccccc1. The minimum Gasteiger partial charge on any atom is -0.374 e. The van der Waals surface area contributed by atoms with E-state index in [1.165, 1.54) is 30.8 Å². The molecular formula is C28H23ClF3N5O2. The number of aliphatic hydroxyl groups is 1. The molecule has 0 bridgehead atoms. The zero-order valence-electron chi connectivity index (χ0n) is 21.1. The molecule has 3 heterocycles. The number of aromatic nitrogens is 4. The Kier molecular flexibility index (Phi) is 6.79. The summed E-state index contributed by atoms with van der Waals surface area (Å²) in [5.74, 6) is 0.489. The molecule has 3 aromatic heterocycles. The van der Waals surface area contributed by atoms with Crippen molar-refractivity contribution in [2.75, 3.05) is 19.2 Å². The van der Waals surface area contributed by atoms with E-state index in [0.717, 1.165) is 17.8 Å². The Hall–Kier alpha value is -3.99. The molecule has 1 atom stereocenters. The molecule has 1 unspecified atom stereocenters. The number of fused-ring (bicyclic) bond motifs is 1. The summed E-state index contributed by atoms with van der Waals surface area (Å²) in [5.41, 5.74) is -0.230. The number of halogens is 4. The molecule has 2 aromatic carbocycles. The van der Waals surface area contributed by atoms with Gasteiger partial charge in [-0.25, -0.2) is 15.0 Å². The number of aryl methyl sites for hydroxylation is 1. The van der Waals surface area contributed by atoms with E-state index in [9.17, 15) is 18.3 Å². The molecule has 0 amide bonds. The lowest BCUT2D eigenvalue weighted by Gasteiger charge is -2.30. The van der Waals surface area contributed by atoms with E-state index in [2.05, 4.69) is 9.97 Å². The van der Waals surface area contributed by atoms with Crippen molar-refractivity contribution < 1.29 is 23.1 Å². The van der Waals surface area contributed by atoms with Gasteiger partial charge in [0.2, 0.25) is 0 Å². The highest BCUT2D eigenvalue weighted by atomic mass is 35.5. The number of anilines is 1. The molecule has 200 valence electrons. The van der Waals surface area contributed by atoms with Gasteiger partial charge in [0, 0.05) is 36.8 Å². The summed E-state index contributed by atoms with van der Waals surface area (Å²) < 4.78 is 41.2. The number of alkyl halides is 3. The minimum atomic E-state index is -4.62. The molecule has 39 heavy (non-hydrogen) atoms. The van der Waals surface area contributed by atoms with E-state index in [-0.39, 0.29) is 5.56 Å². The van der Waals surface area contributed by atoms with Gasteiger partial charge in [0.1, 0.15) is 5.69 Å². The Morgan fingerprint density at radius 2 is 1.72 bits per heavy atom. The molecule has 0 aliphatic rings. The summed E-state index contributed by atoms with van der Waals surface area (Å²) in [6.07, 6.45) is -0.653. The maximum Gasteiger partial charge on any atom is 0.433 e. The van der Waals surface area contributed by atoms with Crippen molar-refractivity contribution in [1.29, 1.82) is 0 Å². The molecule has 5 rings (SSSR count). The number of rotatable bonds is 6. The van der Waals surface area contributed by atoms with Crippen LogP contribution in [0.2, 0.25) is 5.02 Å². The van der Waals surface area contributed by atoms with E-state index in [1.807, 2.05) is 30.3 Å². The van der Waals surface area contributed by atoms with Gasteiger partial charge in [-0.1, -0.05) is 54.1 Å². The highest BCUT2D eigenvalue weighted by Gasteiger charge is 2.39. The number of hydrogen-bond donors (Lipinski definition) is 1. The molecule has 0 radical (unpaired) electrons. The molecule has 0 spiro atoms. The first kappa shape index (κ1) is 26.6. The third-order valence-electron chi connectivity index (χ3n) is 6.61. The van der Waals surface area contributed by atoms with Crippen molar-refractivity contribution in [3.63, 3.8) is 0 Å². The molecule has 0 fully saturated rings. The summed E-state index contributed by atoms with van der Waals surface area (Å²) in [6, 6.07) is 16.5. The van der Waals surface area contributed by atoms with Crippen LogP contribution in [-0.4, -0.2) is 38.8 Å². The fraction of sp³-hybridized carbons (Fsp3) is 0.179. The monoisotopic (exact) mass is 553 g/mol. The Labute approximate surface area is 227 Å². The number of benzene rings is 2. The first-order valence-electron chi connectivity index (χ1n) is 11.8. The van der Waals surface area contributed by atoms with Crippen LogP contribution in [0.25, 0.3) is 22.0 Å². The lowest BCUT2D eigenvalue weighted by atomic mass is 9.83. The highest BCUT2D eigenvalue weighted by Crippen LogP contribution is 2.43. The van der Waals surface area contributed by atoms with Gasteiger partial charge in [-0.2, -0.15) is 13.2 Å². The van der Waals surface area contributed by atoms with E-state index in [4.69, 9.17) is 21.4 Å². The number of hydroxylamine groups is 1. The molecule has 0 saturated heterocycles. The quantitative estimate of drug-likeness (QED) is 0.261. The van der Waals surface area contributed by atoms with Crippen LogP contribution < -0.4 is 5.06 Å².